The van der Waals surface area contributed by atoms with Gasteiger partial charge in [-0.15, -0.1) is 0 Å². The Morgan fingerprint density at radius 3 is 2.29 bits per heavy atom. The van der Waals surface area contributed by atoms with Gasteiger partial charge >= 0.3 is 11.9 Å². The van der Waals surface area contributed by atoms with Crippen LogP contribution in [0.5, 0.6) is 0 Å². The fourth-order valence-electron chi connectivity index (χ4n) is 2.73. The minimum absolute atomic E-state index is 0.0429. The van der Waals surface area contributed by atoms with Crippen molar-refractivity contribution >= 4 is 11.9 Å². The highest BCUT2D eigenvalue weighted by molar-refractivity contribution is 5.83. The zero-order valence-electron chi connectivity index (χ0n) is 13.6. The van der Waals surface area contributed by atoms with Crippen LogP contribution >= 0.6 is 0 Å². The maximum atomic E-state index is 12.2. The number of hydrogen-bond donors (Lipinski definition) is 0. The van der Waals surface area contributed by atoms with E-state index in [1.54, 1.807) is 6.08 Å². The Kier molecular flexibility index (Phi) is 4.18. The first-order valence-corrected chi connectivity index (χ1v) is 7.73. The zero-order valence-corrected chi connectivity index (χ0v) is 13.6. The van der Waals surface area contributed by atoms with Crippen molar-refractivity contribution in [2.75, 3.05) is 0 Å². The van der Waals surface area contributed by atoms with E-state index in [2.05, 4.69) is 0 Å². The van der Waals surface area contributed by atoms with E-state index in [1.165, 1.54) is 6.08 Å². The number of esters is 2. The van der Waals surface area contributed by atoms with Crippen molar-refractivity contribution in [2.45, 2.75) is 65.6 Å². The van der Waals surface area contributed by atoms with Crippen LogP contribution in [0.4, 0.5) is 0 Å². The molecular weight excluding hydrogens is 268 g/mol. The third kappa shape index (κ3) is 3.86. The van der Waals surface area contributed by atoms with Crippen LogP contribution in [0.2, 0.25) is 0 Å². The van der Waals surface area contributed by atoms with Gasteiger partial charge in [-0.2, -0.15) is 0 Å². The molecule has 0 saturated heterocycles. The van der Waals surface area contributed by atoms with Gasteiger partial charge in [0.2, 0.25) is 0 Å². The molecule has 0 aliphatic heterocycles. The van der Waals surface area contributed by atoms with E-state index in [4.69, 9.17) is 9.47 Å². The van der Waals surface area contributed by atoms with Crippen LogP contribution in [0.3, 0.4) is 0 Å². The quantitative estimate of drug-likeness (QED) is 0.590. The van der Waals surface area contributed by atoms with E-state index in [0.29, 0.717) is 0 Å². The molecule has 0 radical (unpaired) electrons. The van der Waals surface area contributed by atoms with Gasteiger partial charge in [0.25, 0.3) is 0 Å². The minimum atomic E-state index is -0.479. The fourth-order valence-corrected chi connectivity index (χ4v) is 2.73. The molecule has 0 aromatic rings. The van der Waals surface area contributed by atoms with Gasteiger partial charge in [0.05, 0.1) is 5.92 Å². The van der Waals surface area contributed by atoms with E-state index >= 15 is 0 Å². The zero-order chi connectivity index (χ0) is 15.8. The number of rotatable bonds is 4. The van der Waals surface area contributed by atoms with Gasteiger partial charge in [-0.1, -0.05) is 19.9 Å². The summed E-state index contributed by atoms with van der Waals surface area (Å²) in [4.78, 5) is 23.8. The summed E-state index contributed by atoms with van der Waals surface area (Å²) in [6.07, 6.45) is 6.43. The predicted molar refractivity (Wildman–Crippen MR) is 79.5 cm³/mol. The van der Waals surface area contributed by atoms with Crippen LogP contribution in [-0.4, -0.2) is 23.6 Å². The summed E-state index contributed by atoms with van der Waals surface area (Å²) in [5.41, 5.74) is -0.636. The van der Waals surface area contributed by atoms with E-state index in [0.717, 1.165) is 19.3 Å². The molecule has 2 aliphatic rings. The molecule has 2 atom stereocenters. The van der Waals surface area contributed by atoms with Crippen molar-refractivity contribution in [3.8, 4) is 0 Å². The Hall–Kier alpha value is -1.32. The first kappa shape index (κ1) is 16.1. The molecule has 21 heavy (non-hydrogen) atoms. The summed E-state index contributed by atoms with van der Waals surface area (Å²) >= 11 is 0. The summed E-state index contributed by atoms with van der Waals surface area (Å²) in [6.45, 7) is 9.63. The molecule has 0 heterocycles. The summed E-state index contributed by atoms with van der Waals surface area (Å²) in [5.74, 6) is -0.620. The molecule has 0 aromatic heterocycles. The van der Waals surface area contributed by atoms with Crippen LogP contribution in [-0.2, 0) is 19.1 Å². The average molecular weight is 294 g/mol. The number of carbonyl (C=O) groups is 2. The van der Waals surface area contributed by atoms with Crippen LogP contribution < -0.4 is 0 Å². The maximum absolute atomic E-state index is 12.2. The van der Waals surface area contributed by atoms with Crippen LogP contribution in [0.25, 0.3) is 0 Å². The molecule has 0 bridgehead atoms. The van der Waals surface area contributed by atoms with Crippen LogP contribution in [0, 0.1) is 17.3 Å². The third-order valence-electron chi connectivity index (χ3n) is 4.35. The Balaban J connectivity index is 1.88. The van der Waals surface area contributed by atoms with Gasteiger partial charge in [-0.25, -0.2) is 4.79 Å². The maximum Gasteiger partial charge on any atom is 0.330 e. The molecule has 0 unspecified atom stereocenters. The second-order valence-corrected chi connectivity index (χ2v) is 7.71. The van der Waals surface area contributed by atoms with Gasteiger partial charge in [-0.05, 0) is 51.4 Å². The number of allylic oxidation sites excluding steroid dienone is 1. The van der Waals surface area contributed by atoms with Crippen molar-refractivity contribution < 1.29 is 19.1 Å². The topological polar surface area (TPSA) is 52.6 Å². The van der Waals surface area contributed by atoms with Crippen LogP contribution in [0.15, 0.2) is 12.2 Å². The van der Waals surface area contributed by atoms with Crippen molar-refractivity contribution in [1.29, 1.82) is 0 Å². The molecule has 2 fully saturated rings. The van der Waals surface area contributed by atoms with Crippen molar-refractivity contribution in [3.05, 3.63) is 12.2 Å². The number of carbonyl (C=O) groups excluding carboxylic acids is 2. The molecule has 0 amide bonds. The first-order valence-electron chi connectivity index (χ1n) is 7.73. The van der Waals surface area contributed by atoms with Gasteiger partial charge in [0.1, 0.15) is 11.7 Å². The smallest absolute Gasteiger partial charge is 0.330 e. The lowest BCUT2D eigenvalue weighted by Gasteiger charge is -2.24. The minimum Gasteiger partial charge on any atom is -0.460 e. The summed E-state index contributed by atoms with van der Waals surface area (Å²) in [7, 11) is 0. The molecule has 0 N–H and O–H groups in total. The molecule has 0 spiro atoms. The van der Waals surface area contributed by atoms with Gasteiger partial charge in [0, 0.05) is 6.08 Å². The molecular formula is C17H26O4. The summed E-state index contributed by atoms with van der Waals surface area (Å²) < 4.78 is 10.7. The van der Waals surface area contributed by atoms with Gasteiger partial charge in [0.15, 0.2) is 0 Å². The van der Waals surface area contributed by atoms with Crippen LogP contribution in [0.1, 0.15) is 53.9 Å². The van der Waals surface area contributed by atoms with Gasteiger partial charge < -0.3 is 9.47 Å². The Morgan fingerprint density at radius 1 is 1.19 bits per heavy atom. The van der Waals surface area contributed by atoms with Crippen molar-refractivity contribution in [2.24, 2.45) is 17.3 Å². The lowest BCUT2D eigenvalue weighted by Crippen LogP contribution is -2.26. The second-order valence-electron chi connectivity index (χ2n) is 7.71. The molecule has 0 aromatic carbocycles. The van der Waals surface area contributed by atoms with E-state index in [1.807, 2.05) is 34.6 Å². The normalized spacial score (nSPS) is 28.0. The average Bonchev–Trinajstić information content (AvgIpc) is 2.80. The molecule has 2 rings (SSSR count). The fraction of sp³-hybridized carbons (Fsp3) is 0.765. The standard InChI is InChI=1S/C17H26O4/c1-16(2,3)21-15(19)14-12(17(14,4)5)9-10-13(18)20-11-7-6-8-11/h9-12,14H,6-8H2,1-5H3/b10-9-/t12-,14-/m0/s1. The molecule has 118 valence electrons. The van der Waals surface area contributed by atoms with Gasteiger partial charge in [-0.3, -0.25) is 4.79 Å². The largest absolute Gasteiger partial charge is 0.460 e. The van der Waals surface area contributed by atoms with E-state index in [-0.39, 0.29) is 35.3 Å². The predicted octanol–water partition coefficient (Wildman–Crippen LogP) is 3.25. The highest BCUT2D eigenvalue weighted by Crippen LogP contribution is 2.59. The lowest BCUT2D eigenvalue weighted by atomic mass is 9.96. The molecule has 4 heteroatoms. The van der Waals surface area contributed by atoms with E-state index in [9.17, 15) is 9.59 Å². The molecule has 4 nitrogen and oxygen atoms in total. The molecule has 2 aliphatic carbocycles. The third-order valence-corrected chi connectivity index (χ3v) is 4.35. The summed E-state index contributed by atoms with van der Waals surface area (Å²) in [6, 6.07) is 0. The Labute approximate surface area is 126 Å². The Morgan fingerprint density at radius 2 is 1.81 bits per heavy atom. The van der Waals surface area contributed by atoms with E-state index < -0.39 is 5.60 Å². The second kappa shape index (κ2) is 5.47. The molecule has 2 saturated carbocycles. The lowest BCUT2D eigenvalue weighted by molar-refractivity contribution is -0.157. The van der Waals surface area contributed by atoms with Crippen molar-refractivity contribution in [3.63, 3.8) is 0 Å². The summed E-state index contributed by atoms with van der Waals surface area (Å²) in [5, 5.41) is 0. The highest BCUT2D eigenvalue weighted by Gasteiger charge is 2.61. The SMILES string of the molecule is CC(C)(C)OC(=O)[C@@H]1[C@H](/C=C\C(=O)OC2CCC2)C1(C)C. The highest BCUT2D eigenvalue weighted by atomic mass is 16.6. The Bertz CT molecular complexity index is 452. The first-order chi connectivity index (χ1) is 9.61. The number of ether oxygens (including phenoxy) is 2. The van der Waals surface area contributed by atoms with Crippen molar-refractivity contribution in [1.82, 2.24) is 0 Å². The number of hydrogen-bond acceptors (Lipinski definition) is 4. The monoisotopic (exact) mass is 294 g/mol.